The second kappa shape index (κ2) is 5.85. The van der Waals surface area contributed by atoms with Gasteiger partial charge in [0, 0.05) is 26.2 Å². The topological polar surface area (TPSA) is 66.7 Å². The number of anilines is 2. The third kappa shape index (κ3) is 3.52. The number of nitrogens with zero attached hydrogens (tertiary/aromatic N) is 3. The molecule has 1 aromatic heterocycles. The quantitative estimate of drug-likeness (QED) is 0.838. The molecule has 1 aliphatic carbocycles. The fourth-order valence-corrected chi connectivity index (χ4v) is 2.19. The maximum Gasteiger partial charge on any atom is 0.239 e. The number of nitrogens with one attached hydrogen (secondary N) is 1. The van der Waals surface area contributed by atoms with Crippen molar-refractivity contribution in [2.24, 2.45) is 5.92 Å². The smallest absolute Gasteiger partial charge is 0.239 e. The molecule has 0 aromatic carbocycles. The van der Waals surface area contributed by atoms with Crippen LogP contribution in [-0.2, 0) is 0 Å². The van der Waals surface area contributed by atoms with Crippen molar-refractivity contribution in [2.45, 2.75) is 12.8 Å². The van der Waals surface area contributed by atoms with E-state index in [4.69, 9.17) is 10.5 Å². The minimum Gasteiger partial charge on any atom is -0.476 e. The zero-order chi connectivity index (χ0) is 13.9. The Morgan fingerprint density at radius 2 is 2.05 bits per heavy atom. The van der Waals surface area contributed by atoms with E-state index in [0.717, 1.165) is 38.6 Å². The molecule has 1 aliphatic heterocycles. The molecule has 1 aromatic rings. The molecule has 2 heterocycles. The lowest BCUT2D eigenvalue weighted by Crippen LogP contribution is -2.47. The Labute approximate surface area is 119 Å². The zero-order valence-corrected chi connectivity index (χ0v) is 12.0. The van der Waals surface area contributed by atoms with Gasteiger partial charge in [0.15, 0.2) is 0 Å². The third-order valence-corrected chi connectivity index (χ3v) is 3.82. The van der Waals surface area contributed by atoms with Gasteiger partial charge in [-0.3, -0.25) is 0 Å². The van der Waals surface area contributed by atoms with Crippen LogP contribution in [-0.4, -0.2) is 54.7 Å². The molecule has 3 rings (SSSR count). The van der Waals surface area contributed by atoms with Crippen LogP contribution in [0.2, 0.25) is 0 Å². The Kier molecular flexibility index (Phi) is 3.93. The number of ether oxygens (including phenoxy) is 1. The summed E-state index contributed by atoms with van der Waals surface area (Å²) in [5, 5.41) is 2.18. The number of nitrogen functional groups attached to an aromatic ring is 1. The van der Waals surface area contributed by atoms with Gasteiger partial charge in [-0.2, -0.15) is 4.98 Å². The molecule has 0 bridgehead atoms. The van der Waals surface area contributed by atoms with Crippen LogP contribution in [0.25, 0.3) is 0 Å². The van der Waals surface area contributed by atoms with Crippen LogP contribution < -0.4 is 15.9 Å². The molecule has 3 N–H and O–H groups in total. The number of piperazine rings is 1. The first-order valence-corrected chi connectivity index (χ1v) is 7.30. The first-order chi connectivity index (χ1) is 9.70. The monoisotopic (exact) mass is 277 g/mol. The molecule has 0 spiro atoms. The predicted molar refractivity (Wildman–Crippen MR) is 79.6 cm³/mol. The van der Waals surface area contributed by atoms with Gasteiger partial charge >= 0.3 is 0 Å². The average molecular weight is 277 g/mol. The summed E-state index contributed by atoms with van der Waals surface area (Å²) in [5.41, 5.74) is 9.85. The van der Waals surface area contributed by atoms with Crippen LogP contribution in [0.4, 0.5) is 11.5 Å². The molecule has 6 heteroatoms. The summed E-state index contributed by atoms with van der Waals surface area (Å²) in [4.78, 5) is 6.79. The van der Waals surface area contributed by atoms with E-state index >= 15 is 0 Å². The highest BCUT2D eigenvalue weighted by Crippen LogP contribution is 2.30. The van der Waals surface area contributed by atoms with E-state index in [-0.39, 0.29) is 0 Å². The average Bonchev–Trinajstić information content (AvgIpc) is 3.26. The first kappa shape index (κ1) is 13.5. The third-order valence-electron chi connectivity index (χ3n) is 3.82. The molecule has 0 atom stereocenters. The fraction of sp³-hybridized carbons (Fsp3) is 0.643. The molecule has 6 nitrogen and oxygen atoms in total. The van der Waals surface area contributed by atoms with Crippen LogP contribution in [0.3, 0.4) is 0 Å². The van der Waals surface area contributed by atoms with Gasteiger partial charge in [-0.05, 0) is 37.9 Å². The lowest BCUT2D eigenvalue weighted by atomic mass is 10.4. The summed E-state index contributed by atoms with van der Waals surface area (Å²) in [7, 11) is 2.14. The summed E-state index contributed by atoms with van der Waals surface area (Å²) in [5.74, 6) is 2.05. The highest BCUT2D eigenvalue weighted by molar-refractivity contribution is 5.53. The second-order valence-electron chi connectivity index (χ2n) is 5.75. The van der Waals surface area contributed by atoms with Gasteiger partial charge in [0.05, 0.1) is 12.3 Å². The molecule has 2 aliphatic rings. The molecule has 1 saturated heterocycles. The Balaban J connectivity index is 1.59. The Hall–Kier alpha value is -1.53. The second-order valence-corrected chi connectivity index (χ2v) is 5.75. The molecule has 1 saturated carbocycles. The number of pyridine rings is 1. The van der Waals surface area contributed by atoms with Crippen molar-refractivity contribution in [3.8, 4) is 5.88 Å². The molecular weight excluding hydrogens is 254 g/mol. The first-order valence-electron chi connectivity index (χ1n) is 7.30. The molecule has 2 fully saturated rings. The van der Waals surface area contributed by atoms with Crippen LogP contribution in [0, 0.1) is 5.92 Å². The van der Waals surface area contributed by atoms with E-state index < -0.39 is 0 Å². The number of nitrogens with two attached hydrogens (primary N) is 1. The zero-order valence-electron chi connectivity index (χ0n) is 12.0. The molecule has 0 amide bonds. The van der Waals surface area contributed by atoms with Gasteiger partial charge in [0.25, 0.3) is 0 Å². The number of likely N-dealkylation sites (N-methyl/N-ethyl adjacent to an activating group) is 1. The van der Waals surface area contributed by atoms with Crippen LogP contribution in [0.1, 0.15) is 12.8 Å². The Morgan fingerprint density at radius 1 is 1.30 bits per heavy atom. The summed E-state index contributed by atoms with van der Waals surface area (Å²) < 4.78 is 5.70. The minimum absolute atomic E-state index is 0.552. The molecule has 0 radical (unpaired) electrons. The number of hydrogen-bond acceptors (Lipinski definition) is 6. The summed E-state index contributed by atoms with van der Waals surface area (Å²) in [6, 6.07) is 3.76. The highest BCUT2D eigenvalue weighted by Gasteiger charge is 2.22. The maximum absolute atomic E-state index is 5.91. The van der Waals surface area contributed by atoms with Crippen LogP contribution >= 0.6 is 0 Å². The van der Waals surface area contributed by atoms with E-state index in [2.05, 4.69) is 27.4 Å². The standard InChI is InChI=1S/C14H23N5O/c1-18-6-8-19(9-7-18)17-13-5-4-12(15)14(16-13)20-10-11-2-3-11/h4-5,11H,2-3,6-10,15H2,1H3,(H,16,17). The molecule has 0 unspecified atom stereocenters. The van der Waals surface area contributed by atoms with Crippen molar-refractivity contribution in [2.75, 3.05) is 51.0 Å². The molecule has 110 valence electrons. The van der Waals surface area contributed by atoms with Crippen molar-refractivity contribution in [3.63, 3.8) is 0 Å². The lowest BCUT2D eigenvalue weighted by Gasteiger charge is -2.32. The van der Waals surface area contributed by atoms with Crippen LogP contribution in [0.15, 0.2) is 12.1 Å². The normalized spacial score (nSPS) is 20.9. The molecular formula is C14H23N5O. The van der Waals surface area contributed by atoms with Crippen molar-refractivity contribution in [1.82, 2.24) is 14.9 Å². The number of rotatable bonds is 5. The SMILES string of the molecule is CN1CCN(Nc2ccc(N)c(OCC3CC3)n2)CC1. The molecule has 20 heavy (non-hydrogen) atoms. The Morgan fingerprint density at radius 3 is 2.75 bits per heavy atom. The van der Waals surface area contributed by atoms with E-state index in [0.29, 0.717) is 17.5 Å². The largest absolute Gasteiger partial charge is 0.476 e. The number of hydrogen-bond donors (Lipinski definition) is 2. The number of aromatic nitrogens is 1. The summed E-state index contributed by atoms with van der Waals surface area (Å²) in [6.07, 6.45) is 2.53. The van der Waals surface area contributed by atoms with Crippen molar-refractivity contribution in [1.29, 1.82) is 0 Å². The summed E-state index contributed by atoms with van der Waals surface area (Å²) >= 11 is 0. The van der Waals surface area contributed by atoms with Gasteiger partial charge in [-0.15, -0.1) is 0 Å². The van der Waals surface area contributed by atoms with Gasteiger partial charge in [-0.1, -0.05) is 0 Å². The minimum atomic E-state index is 0.552. The van der Waals surface area contributed by atoms with Crippen molar-refractivity contribution in [3.05, 3.63) is 12.1 Å². The van der Waals surface area contributed by atoms with Crippen LogP contribution in [0.5, 0.6) is 5.88 Å². The Bertz CT molecular complexity index is 455. The van der Waals surface area contributed by atoms with Crippen molar-refractivity contribution < 1.29 is 4.74 Å². The maximum atomic E-state index is 5.91. The summed E-state index contributed by atoms with van der Waals surface area (Å²) in [6.45, 7) is 4.83. The van der Waals surface area contributed by atoms with Gasteiger partial charge in [0.2, 0.25) is 5.88 Å². The fourth-order valence-electron chi connectivity index (χ4n) is 2.19. The van der Waals surface area contributed by atoms with E-state index in [1.54, 1.807) is 0 Å². The number of hydrazine groups is 1. The van der Waals surface area contributed by atoms with Crippen molar-refractivity contribution >= 4 is 11.5 Å². The van der Waals surface area contributed by atoms with E-state index in [9.17, 15) is 0 Å². The van der Waals surface area contributed by atoms with Gasteiger partial charge in [0.1, 0.15) is 5.82 Å². The van der Waals surface area contributed by atoms with Gasteiger partial charge in [-0.25, -0.2) is 5.01 Å². The van der Waals surface area contributed by atoms with E-state index in [1.807, 2.05) is 12.1 Å². The highest BCUT2D eigenvalue weighted by atomic mass is 16.5. The lowest BCUT2D eigenvalue weighted by molar-refractivity contribution is 0.178. The van der Waals surface area contributed by atoms with Gasteiger partial charge < -0.3 is 20.8 Å². The predicted octanol–water partition coefficient (Wildman–Crippen LogP) is 1.03. The van der Waals surface area contributed by atoms with E-state index in [1.165, 1.54) is 12.8 Å².